The van der Waals surface area contributed by atoms with Gasteiger partial charge in [0, 0.05) is 16.3 Å². The van der Waals surface area contributed by atoms with Gasteiger partial charge in [-0.15, -0.1) is 11.3 Å². The zero-order valence-corrected chi connectivity index (χ0v) is 18.0. The van der Waals surface area contributed by atoms with Gasteiger partial charge in [-0.2, -0.15) is 10.4 Å². The van der Waals surface area contributed by atoms with E-state index < -0.39 is 0 Å². The molecule has 31 heavy (non-hydrogen) atoms. The van der Waals surface area contributed by atoms with E-state index in [1.807, 2.05) is 73.0 Å². The summed E-state index contributed by atoms with van der Waals surface area (Å²) in [5.74, 6) is 0.673. The van der Waals surface area contributed by atoms with E-state index in [4.69, 9.17) is 16.0 Å². The van der Waals surface area contributed by atoms with Gasteiger partial charge in [0.15, 0.2) is 5.76 Å². The lowest BCUT2D eigenvalue weighted by atomic mass is 10.1. The highest BCUT2D eigenvalue weighted by Crippen LogP contribution is 2.32. The molecule has 7 heteroatoms. The molecule has 0 N–H and O–H groups in total. The molecular formula is C24H15ClN4OS. The van der Waals surface area contributed by atoms with Crippen LogP contribution < -0.4 is 0 Å². The predicted octanol–water partition coefficient (Wildman–Crippen LogP) is 6.77. The van der Waals surface area contributed by atoms with E-state index in [0.717, 1.165) is 22.4 Å². The van der Waals surface area contributed by atoms with Crippen LogP contribution in [0.5, 0.6) is 0 Å². The van der Waals surface area contributed by atoms with Crippen LogP contribution in [0.25, 0.3) is 39.8 Å². The van der Waals surface area contributed by atoms with E-state index in [2.05, 4.69) is 16.2 Å². The number of hydrogen-bond acceptors (Lipinski definition) is 5. The first-order chi connectivity index (χ1) is 15.1. The molecule has 0 unspecified atom stereocenters. The number of benzene rings is 2. The minimum absolute atomic E-state index is 0.421. The lowest BCUT2D eigenvalue weighted by molar-refractivity contribution is 0.629. The molecule has 0 aliphatic rings. The molecule has 5 rings (SSSR count). The molecule has 3 aromatic heterocycles. The number of nitriles is 1. The number of furan rings is 1. The molecule has 3 heterocycles. The maximum absolute atomic E-state index is 9.80. The Labute approximate surface area is 187 Å². The van der Waals surface area contributed by atoms with Crippen LogP contribution in [0.1, 0.15) is 16.3 Å². The lowest BCUT2D eigenvalue weighted by Gasteiger charge is -2.02. The second-order valence-electron chi connectivity index (χ2n) is 6.89. The van der Waals surface area contributed by atoms with Gasteiger partial charge in [-0.25, -0.2) is 9.67 Å². The first kappa shape index (κ1) is 19.3. The Morgan fingerprint density at radius 2 is 1.94 bits per heavy atom. The molecule has 0 radical (unpaired) electrons. The van der Waals surface area contributed by atoms with Gasteiger partial charge in [-0.1, -0.05) is 48.0 Å². The Bertz CT molecular complexity index is 1440. The number of thiazole rings is 1. The zero-order valence-electron chi connectivity index (χ0n) is 16.4. The van der Waals surface area contributed by atoms with E-state index in [1.165, 1.54) is 11.3 Å². The Kier molecular flexibility index (Phi) is 4.91. The smallest absolute Gasteiger partial charge is 0.154 e. The number of halogens is 1. The molecule has 150 valence electrons. The molecule has 0 saturated heterocycles. The molecule has 5 nitrogen and oxygen atoms in total. The summed E-state index contributed by atoms with van der Waals surface area (Å²) < 4.78 is 7.56. The molecule has 0 fully saturated rings. The zero-order chi connectivity index (χ0) is 21.4. The highest BCUT2D eigenvalue weighted by molar-refractivity contribution is 7.11. The fourth-order valence-corrected chi connectivity index (χ4v) is 4.42. The molecule has 2 aromatic carbocycles. The Morgan fingerprint density at radius 3 is 2.71 bits per heavy atom. The van der Waals surface area contributed by atoms with Gasteiger partial charge in [0.2, 0.25) is 0 Å². The van der Waals surface area contributed by atoms with Crippen molar-refractivity contribution in [1.82, 2.24) is 14.8 Å². The molecule has 0 saturated carbocycles. The minimum atomic E-state index is 0.421. The number of nitrogens with zero attached hydrogens (tertiary/aromatic N) is 4. The highest BCUT2D eigenvalue weighted by Gasteiger charge is 2.17. The summed E-state index contributed by atoms with van der Waals surface area (Å²) in [5, 5.41) is 18.3. The lowest BCUT2D eigenvalue weighted by Crippen LogP contribution is -1.95. The molecule has 0 atom stereocenters. The first-order valence-corrected chi connectivity index (χ1v) is 10.8. The third-order valence-corrected chi connectivity index (χ3v) is 6.11. The maximum atomic E-state index is 9.80. The Morgan fingerprint density at radius 1 is 1.16 bits per heavy atom. The first-order valence-electron chi connectivity index (χ1n) is 9.51. The van der Waals surface area contributed by atoms with Crippen molar-refractivity contribution in [2.24, 2.45) is 0 Å². The SMILES string of the molecule is Cc1nn(-c2ccccc2)c(Cl)c1/C=C(/C#N)c1nc(-c2cc3ccccc3o2)cs1. The molecule has 0 amide bonds. The van der Waals surface area contributed by atoms with Gasteiger partial charge in [-0.3, -0.25) is 0 Å². The number of aryl methyl sites for hydroxylation is 1. The van der Waals surface area contributed by atoms with Crippen molar-refractivity contribution >= 4 is 45.6 Å². The summed E-state index contributed by atoms with van der Waals surface area (Å²) >= 11 is 8.00. The van der Waals surface area contributed by atoms with Gasteiger partial charge in [0.05, 0.1) is 17.0 Å². The van der Waals surface area contributed by atoms with E-state index >= 15 is 0 Å². The summed E-state index contributed by atoms with van der Waals surface area (Å²) in [6.45, 7) is 1.87. The maximum Gasteiger partial charge on any atom is 0.154 e. The van der Waals surface area contributed by atoms with Crippen molar-refractivity contribution in [1.29, 1.82) is 5.26 Å². The number of fused-ring (bicyclic) bond motifs is 1. The second-order valence-corrected chi connectivity index (χ2v) is 8.11. The topological polar surface area (TPSA) is 67.6 Å². The molecule has 5 aromatic rings. The molecule has 0 spiro atoms. The molecular weight excluding hydrogens is 428 g/mol. The molecule has 0 aliphatic carbocycles. The molecule has 0 aliphatic heterocycles. The van der Waals surface area contributed by atoms with Crippen LogP contribution in [-0.2, 0) is 0 Å². The predicted molar refractivity (Wildman–Crippen MR) is 124 cm³/mol. The van der Waals surface area contributed by atoms with Crippen molar-refractivity contribution in [3.63, 3.8) is 0 Å². The Hall–Kier alpha value is -3.66. The van der Waals surface area contributed by atoms with Crippen LogP contribution in [-0.4, -0.2) is 14.8 Å². The Balaban J connectivity index is 1.52. The molecule has 0 bridgehead atoms. The monoisotopic (exact) mass is 442 g/mol. The third-order valence-electron chi connectivity index (χ3n) is 4.87. The summed E-state index contributed by atoms with van der Waals surface area (Å²) in [6.07, 6.45) is 1.74. The average molecular weight is 443 g/mol. The van der Waals surface area contributed by atoms with Gasteiger partial charge >= 0.3 is 0 Å². The van der Waals surface area contributed by atoms with E-state index in [0.29, 0.717) is 32.8 Å². The summed E-state index contributed by atoms with van der Waals surface area (Å²) in [7, 11) is 0. The summed E-state index contributed by atoms with van der Waals surface area (Å²) in [6, 6.07) is 21.6. The van der Waals surface area contributed by atoms with Crippen molar-refractivity contribution < 1.29 is 4.42 Å². The van der Waals surface area contributed by atoms with Crippen LogP contribution in [0.3, 0.4) is 0 Å². The fraction of sp³-hybridized carbons (Fsp3) is 0.0417. The second kappa shape index (κ2) is 7.88. The van der Waals surface area contributed by atoms with Gasteiger partial charge in [0.1, 0.15) is 27.5 Å². The van der Waals surface area contributed by atoms with Crippen molar-refractivity contribution in [3.8, 4) is 23.2 Å². The number of hydrogen-bond donors (Lipinski definition) is 0. The number of rotatable bonds is 4. The van der Waals surface area contributed by atoms with Crippen molar-refractivity contribution in [2.75, 3.05) is 0 Å². The standard InChI is InChI=1S/C24H15ClN4OS/c1-15-19(23(25)29(28-15)18-8-3-2-4-9-18)11-17(13-26)24-27-20(14-31-24)22-12-16-7-5-6-10-21(16)30-22/h2-12,14H,1H3/b17-11-. The van der Waals surface area contributed by atoms with Gasteiger partial charge < -0.3 is 4.42 Å². The quantitative estimate of drug-likeness (QED) is 0.288. The average Bonchev–Trinajstić information content (AvgIpc) is 3.51. The van der Waals surface area contributed by atoms with E-state index in [1.54, 1.807) is 10.8 Å². The summed E-state index contributed by atoms with van der Waals surface area (Å²) in [4.78, 5) is 4.63. The van der Waals surface area contributed by atoms with Crippen molar-refractivity contribution in [2.45, 2.75) is 6.92 Å². The highest BCUT2D eigenvalue weighted by atomic mass is 35.5. The van der Waals surface area contributed by atoms with Crippen LogP contribution in [0.15, 0.2) is 70.5 Å². The van der Waals surface area contributed by atoms with Crippen LogP contribution in [0, 0.1) is 18.3 Å². The normalized spacial score (nSPS) is 11.7. The van der Waals surface area contributed by atoms with E-state index in [-0.39, 0.29) is 0 Å². The van der Waals surface area contributed by atoms with Gasteiger partial charge in [0.25, 0.3) is 0 Å². The van der Waals surface area contributed by atoms with Crippen LogP contribution in [0.4, 0.5) is 0 Å². The third kappa shape index (κ3) is 3.55. The fourth-order valence-electron chi connectivity index (χ4n) is 3.32. The number of allylic oxidation sites excluding steroid dienone is 1. The van der Waals surface area contributed by atoms with Crippen molar-refractivity contribution in [3.05, 3.63) is 87.5 Å². The van der Waals surface area contributed by atoms with E-state index in [9.17, 15) is 5.26 Å². The minimum Gasteiger partial charge on any atom is -0.454 e. The summed E-state index contributed by atoms with van der Waals surface area (Å²) in [5.41, 5.74) is 4.21. The van der Waals surface area contributed by atoms with Crippen LogP contribution >= 0.6 is 22.9 Å². The number of aromatic nitrogens is 3. The van der Waals surface area contributed by atoms with Gasteiger partial charge in [-0.05, 0) is 37.3 Å². The largest absolute Gasteiger partial charge is 0.454 e. The van der Waals surface area contributed by atoms with Crippen LogP contribution in [0.2, 0.25) is 5.15 Å². The number of para-hydroxylation sites is 2.